The Morgan fingerprint density at radius 2 is 1.63 bits per heavy atom. The first-order valence-electron chi connectivity index (χ1n) is 18.4. The molecule has 0 aliphatic carbocycles. The van der Waals surface area contributed by atoms with E-state index in [1.165, 1.54) is 47.3 Å². The van der Waals surface area contributed by atoms with Gasteiger partial charge in [0.25, 0.3) is 12.9 Å². The van der Waals surface area contributed by atoms with E-state index in [4.69, 9.17) is 35.1 Å². The molecular formula is C34H39ClF4N10O12S4. The average molecular weight is 1020 g/mol. The van der Waals surface area contributed by atoms with Crippen molar-refractivity contribution in [1.29, 1.82) is 0 Å². The second-order valence-corrected chi connectivity index (χ2v) is 20.6. The topological polar surface area (TPSA) is 273 Å². The number of nitrogens with zero attached hydrogens (tertiary/aromatic N) is 8. The average Bonchev–Trinajstić information content (AvgIpc) is 4.01. The van der Waals surface area contributed by atoms with Gasteiger partial charge < -0.3 is 23.4 Å². The Morgan fingerprint density at radius 3 is 2.20 bits per heavy atom. The van der Waals surface area contributed by atoms with Crippen LogP contribution < -0.4 is 23.7 Å². The number of methoxy groups -OCH3 is 2. The Bertz CT molecular complexity index is 2730. The minimum absolute atomic E-state index is 0.00654. The van der Waals surface area contributed by atoms with Crippen LogP contribution in [0.3, 0.4) is 0 Å². The van der Waals surface area contributed by atoms with Crippen molar-refractivity contribution in [2.24, 2.45) is 5.16 Å². The van der Waals surface area contributed by atoms with Gasteiger partial charge in [-0.15, -0.1) is 11.3 Å². The highest BCUT2D eigenvalue weighted by molar-refractivity contribution is 8.03. The number of carbonyl (C=O) groups is 2. The van der Waals surface area contributed by atoms with Crippen LogP contribution in [0.2, 0.25) is 5.02 Å². The largest absolute Gasteiger partial charge is 0.481 e. The molecule has 1 fully saturated rings. The number of urea groups is 1. The summed E-state index contributed by atoms with van der Waals surface area (Å²) in [5.41, 5.74) is -0.00983. The molecule has 1 saturated heterocycles. The van der Waals surface area contributed by atoms with Gasteiger partial charge in [0.15, 0.2) is 11.9 Å². The van der Waals surface area contributed by atoms with Crippen LogP contribution in [-0.2, 0) is 46.5 Å². The molecule has 1 atom stereocenters. The van der Waals surface area contributed by atoms with E-state index in [2.05, 4.69) is 20.2 Å². The first-order chi connectivity index (χ1) is 30.4. The van der Waals surface area contributed by atoms with Crippen LogP contribution in [0.15, 0.2) is 40.9 Å². The molecule has 6 rings (SSSR count). The van der Waals surface area contributed by atoms with E-state index in [0.29, 0.717) is 59.9 Å². The quantitative estimate of drug-likeness (QED) is 0.125. The predicted octanol–water partition coefficient (Wildman–Crippen LogP) is 4.23. The number of halogens is 5. The maximum atomic E-state index is 13.3. The third kappa shape index (κ3) is 13.3. The molecule has 1 unspecified atom stereocenters. The highest BCUT2D eigenvalue weighted by Crippen LogP contribution is 2.41. The van der Waals surface area contributed by atoms with Gasteiger partial charge in [-0.25, -0.2) is 40.5 Å². The van der Waals surface area contributed by atoms with Gasteiger partial charge in [-0.3, -0.25) is 14.8 Å². The molecule has 0 bridgehead atoms. The Balaban J connectivity index is 0.000000293. The Hall–Kier alpha value is -5.43. The number of rotatable bonds is 15. The zero-order chi connectivity index (χ0) is 48.0. The van der Waals surface area contributed by atoms with E-state index >= 15 is 0 Å². The lowest BCUT2D eigenvalue weighted by Gasteiger charge is -2.31. The number of thiazole rings is 1. The van der Waals surface area contributed by atoms with Crippen molar-refractivity contribution in [2.45, 2.75) is 50.7 Å². The lowest BCUT2D eigenvalue weighted by molar-refractivity contribution is -0.133. The first-order valence-corrected chi connectivity index (χ1v) is 24.8. The summed E-state index contributed by atoms with van der Waals surface area (Å²) >= 11 is 7.76. The summed E-state index contributed by atoms with van der Waals surface area (Å²) in [6.45, 7) is 0.127. The summed E-state index contributed by atoms with van der Waals surface area (Å²) in [5.74, 6) is -0.584. The Labute approximate surface area is 378 Å². The monoisotopic (exact) mass is 1020 g/mol. The van der Waals surface area contributed by atoms with E-state index in [1.54, 1.807) is 12.1 Å². The summed E-state index contributed by atoms with van der Waals surface area (Å²) in [7, 11) is -9.07. The molecule has 4 aromatic rings. The van der Waals surface area contributed by atoms with E-state index in [9.17, 15) is 52.4 Å². The predicted molar refractivity (Wildman–Crippen MR) is 224 cm³/mol. The lowest BCUT2D eigenvalue weighted by Crippen LogP contribution is -2.45. The molecule has 3 amide bonds. The number of aromatic nitrogens is 5. The number of alkyl halides is 4. The van der Waals surface area contributed by atoms with Gasteiger partial charge in [-0.1, -0.05) is 26.5 Å². The molecule has 3 aromatic heterocycles. The lowest BCUT2D eigenvalue weighted by atomic mass is 9.97. The van der Waals surface area contributed by atoms with Crippen molar-refractivity contribution in [3.05, 3.63) is 68.4 Å². The van der Waals surface area contributed by atoms with E-state index in [-0.39, 0.29) is 44.5 Å². The van der Waals surface area contributed by atoms with Crippen molar-refractivity contribution >= 4 is 76.9 Å². The Kier molecular flexibility index (Phi) is 16.2. The molecule has 2 N–H and O–H groups in total. The van der Waals surface area contributed by atoms with Gasteiger partial charge in [0, 0.05) is 37.9 Å². The number of amides is 3. The minimum atomic E-state index is -4.60. The van der Waals surface area contributed by atoms with Crippen LogP contribution in [0.1, 0.15) is 71.8 Å². The zero-order valence-corrected chi connectivity index (χ0v) is 38.5. The van der Waals surface area contributed by atoms with E-state index in [1.807, 2.05) is 10.7 Å². The molecule has 0 spiro atoms. The molecule has 0 saturated carbocycles. The normalized spacial score (nSPS) is 15.9. The van der Waals surface area contributed by atoms with Crippen LogP contribution in [0.4, 0.5) is 28.3 Å². The number of benzene rings is 1. The maximum absolute atomic E-state index is 13.3. The zero-order valence-electron chi connectivity index (χ0n) is 34.5. The molecule has 2 aliphatic rings. The molecule has 1 aromatic carbocycles. The number of anilines is 1. The van der Waals surface area contributed by atoms with Gasteiger partial charge in [0.1, 0.15) is 23.6 Å². The molecule has 0 radical (unpaired) electrons. The fraction of sp³-hybridized carbons (Fsp3) is 0.441. The number of likely N-dealkylation sites (tertiary alicyclic amines) is 1. The second-order valence-electron chi connectivity index (χ2n) is 13.7. The highest BCUT2D eigenvalue weighted by Gasteiger charge is 2.33. The number of sulfonamides is 1. The number of carbonyl (C=O) groups excluding carboxylic acids is 2. The number of ether oxygens (including phenoxy) is 2. The van der Waals surface area contributed by atoms with Gasteiger partial charge >= 0.3 is 26.4 Å². The van der Waals surface area contributed by atoms with Crippen molar-refractivity contribution in [3.8, 4) is 17.5 Å². The van der Waals surface area contributed by atoms with Crippen LogP contribution in [0.25, 0.3) is 0 Å². The van der Waals surface area contributed by atoms with Crippen LogP contribution in [0.5, 0.6) is 17.5 Å². The third-order valence-electron chi connectivity index (χ3n) is 9.17. The van der Waals surface area contributed by atoms with Crippen molar-refractivity contribution in [2.75, 3.05) is 52.2 Å². The van der Waals surface area contributed by atoms with Gasteiger partial charge in [-0.2, -0.15) is 31.9 Å². The van der Waals surface area contributed by atoms with Crippen LogP contribution >= 0.6 is 22.9 Å². The molecule has 22 nitrogen and oxygen atoms in total. The highest BCUT2D eigenvalue weighted by atomic mass is 35.5. The summed E-state index contributed by atoms with van der Waals surface area (Å²) in [6, 6.07) is 5.32. The molecule has 65 heavy (non-hydrogen) atoms. The third-order valence-corrected chi connectivity index (χ3v) is 14.4. The summed E-state index contributed by atoms with van der Waals surface area (Å²) < 4.78 is 139. The fourth-order valence-corrected chi connectivity index (χ4v) is 9.69. The number of oxime groups is 1. The first kappa shape index (κ1) is 50.6. The van der Waals surface area contributed by atoms with Gasteiger partial charge in [-0.05, 0) is 31.0 Å². The van der Waals surface area contributed by atoms with Crippen LogP contribution in [0, 0.1) is 0 Å². The second kappa shape index (κ2) is 20.8. The van der Waals surface area contributed by atoms with Gasteiger partial charge in [0.05, 0.1) is 54.1 Å². The van der Waals surface area contributed by atoms with E-state index < -0.39 is 79.2 Å². The van der Waals surface area contributed by atoms with Gasteiger partial charge in [0.2, 0.25) is 33.6 Å². The molecule has 5 heterocycles. The smallest absolute Gasteiger partial charge is 0.336 e. The minimum Gasteiger partial charge on any atom is -0.481 e. The van der Waals surface area contributed by atoms with Crippen molar-refractivity contribution in [3.63, 3.8) is 0 Å². The van der Waals surface area contributed by atoms with Crippen LogP contribution in [-0.4, -0.2) is 123 Å². The molecule has 2 aliphatic heterocycles. The molecule has 356 valence electrons. The summed E-state index contributed by atoms with van der Waals surface area (Å²) in [5, 5.41) is 12.6. The number of piperidine rings is 1. The van der Waals surface area contributed by atoms with Crippen molar-refractivity contribution < 1.29 is 70.9 Å². The SMILES string of the molecule is COc1cc(OC)nc(NC(=O)NS(=O)(=O)N(C)S(C)(=O)=O)n1.CS(=O)(=O)Oc1cccc(Cl)c1C1CC(c2csc(C3CCN(C(=O)Cn4nc(C(F)F)cc4C(F)F)CC3)n2)=NO1. The standard InChI is InChI=1S/C25H24ClF4N5O5S2.C9H15N5O7S2/c1-42(37,38)40-19-4-2-3-14(26)22(19)20-10-15(33-39-20)17-12-41-25(31-17)13-5-7-34(8-6-13)21(36)11-35-18(24(29)30)9-16(32-35)23(27)28;1-14(22(4,16)17)23(18,19)13-9(15)12-8-10-6(20-2)5-7(11-8)21-3/h2-4,9,12-13,20,23-24H,5-8,10-11H2,1H3;5H,1-4H3,(H2,10,11,12,13,15). The summed E-state index contributed by atoms with van der Waals surface area (Å²) in [4.78, 5) is 43.7. The maximum Gasteiger partial charge on any atom is 0.336 e. The number of hydrogen-bond acceptors (Lipinski definition) is 18. The molecular weight excluding hydrogens is 980 g/mol. The molecule has 31 heteroatoms. The number of nitrogens with one attached hydrogen (secondary N) is 2. The van der Waals surface area contributed by atoms with E-state index in [0.717, 1.165) is 18.3 Å². The van der Waals surface area contributed by atoms with Crippen molar-refractivity contribution in [1.82, 2.24) is 38.1 Å². The summed E-state index contributed by atoms with van der Waals surface area (Å²) in [6.07, 6.45) is -3.73. The Morgan fingerprint density at radius 1 is 0.985 bits per heavy atom. The fourth-order valence-electron chi connectivity index (χ4n) is 5.98. The number of hydrogen-bond donors (Lipinski definition) is 2.